The van der Waals surface area contributed by atoms with Crippen LogP contribution in [0.5, 0.6) is 11.5 Å². The number of aromatic nitrogens is 1. The number of amides is 1. The molecule has 1 amide bonds. The number of benzene rings is 1. The maximum absolute atomic E-state index is 12.6. The average Bonchev–Trinajstić information content (AvgIpc) is 3.33. The van der Waals surface area contributed by atoms with Crippen molar-refractivity contribution in [3.63, 3.8) is 0 Å². The summed E-state index contributed by atoms with van der Waals surface area (Å²) in [6, 6.07) is 5.73. The molecular weight excluding hydrogens is 397 g/mol. The zero-order valence-corrected chi connectivity index (χ0v) is 16.7. The van der Waals surface area contributed by atoms with E-state index in [0.29, 0.717) is 11.6 Å². The summed E-state index contributed by atoms with van der Waals surface area (Å²) in [4.78, 5) is 19.1. The lowest BCUT2D eigenvalue weighted by Crippen LogP contribution is -2.30. The van der Waals surface area contributed by atoms with Gasteiger partial charge in [0.2, 0.25) is 6.79 Å². The monoisotopic (exact) mass is 417 g/mol. The molecule has 1 saturated heterocycles. The van der Waals surface area contributed by atoms with Crippen LogP contribution >= 0.6 is 36.2 Å². The number of nitrogens with one attached hydrogen (secondary N) is 1. The molecule has 1 atom stereocenters. The first-order valence-electron chi connectivity index (χ1n) is 8.04. The van der Waals surface area contributed by atoms with E-state index in [1.54, 1.807) is 0 Å². The van der Waals surface area contributed by atoms with Crippen LogP contribution in [0.1, 0.15) is 16.9 Å². The average molecular weight is 418 g/mol. The Morgan fingerprint density at radius 2 is 2.15 bits per heavy atom. The molecule has 2 aliphatic rings. The first kappa shape index (κ1) is 20.8. The van der Waals surface area contributed by atoms with Gasteiger partial charge in [-0.15, -0.1) is 36.2 Å². The van der Waals surface area contributed by atoms with E-state index < -0.39 is 0 Å². The summed E-state index contributed by atoms with van der Waals surface area (Å²) in [5, 5.41) is 5.84. The highest BCUT2D eigenvalue weighted by atomic mass is 35.5. The van der Waals surface area contributed by atoms with Gasteiger partial charge in [-0.3, -0.25) is 4.79 Å². The number of halogens is 2. The standard InChI is InChI=1S/C17H19N3O3S.2ClH/c1-18-7-11-4-5-20(8-11)17(21)13-9-24-16(19-13)12-2-3-14-15(6-12)23-10-22-14;;/h2-3,6,9,11,18H,4-5,7-8,10H2,1H3;2*1H. The van der Waals surface area contributed by atoms with Crippen LogP contribution < -0.4 is 14.8 Å². The molecule has 6 nitrogen and oxygen atoms in total. The second kappa shape index (κ2) is 8.90. The van der Waals surface area contributed by atoms with Gasteiger partial charge in [-0.05, 0) is 44.1 Å². The fourth-order valence-corrected chi connectivity index (χ4v) is 3.96. The Balaban J connectivity index is 0.00000121. The third-order valence-electron chi connectivity index (χ3n) is 4.41. The maximum Gasteiger partial charge on any atom is 0.273 e. The highest BCUT2D eigenvalue weighted by molar-refractivity contribution is 7.13. The molecule has 9 heteroatoms. The largest absolute Gasteiger partial charge is 0.454 e. The zero-order chi connectivity index (χ0) is 16.5. The van der Waals surface area contributed by atoms with Crippen molar-refractivity contribution in [2.75, 3.05) is 33.5 Å². The number of rotatable bonds is 4. The van der Waals surface area contributed by atoms with Gasteiger partial charge >= 0.3 is 0 Å². The van der Waals surface area contributed by atoms with Crippen molar-refractivity contribution in [2.24, 2.45) is 5.92 Å². The number of thiazole rings is 1. The van der Waals surface area contributed by atoms with Crippen molar-refractivity contribution in [1.29, 1.82) is 0 Å². The molecule has 1 aromatic carbocycles. The second-order valence-electron chi connectivity index (χ2n) is 6.07. The fraction of sp³-hybridized carbons (Fsp3) is 0.412. The molecule has 142 valence electrons. The number of hydrogen-bond acceptors (Lipinski definition) is 6. The number of hydrogen-bond donors (Lipinski definition) is 1. The molecule has 1 unspecified atom stereocenters. The lowest BCUT2D eigenvalue weighted by molar-refractivity contribution is 0.0782. The van der Waals surface area contributed by atoms with Gasteiger partial charge in [0.25, 0.3) is 5.91 Å². The van der Waals surface area contributed by atoms with E-state index in [-0.39, 0.29) is 37.5 Å². The fourth-order valence-electron chi connectivity index (χ4n) is 3.17. The number of nitrogens with zero attached hydrogens (tertiary/aromatic N) is 2. The first-order chi connectivity index (χ1) is 11.7. The normalized spacial score (nSPS) is 17.6. The van der Waals surface area contributed by atoms with E-state index in [9.17, 15) is 4.79 Å². The highest BCUT2D eigenvalue weighted by Crippen LogP contribution is 2.36. The highest BCUT2D eigenvalue weighted by Gasteiger charge is 2.28. The van der Waals surface area contributed by atoms with Crippen LogP contribution in [0.3, 0.4) is 0 Å². The van der Waals surface area contributed by atoms with Crippen LogP contribution in [0.25, 0.3) is 10.6 Å². The van der Waals surface area contributed by atoms with Gasteiger partial charge in [-0.2, -0.15) is 0 Å². The number of likely N-dealkylation sites (tertiary alicyclic amines) is 1. The third-order valence-corrected chi connectivity index (χ3v) is 5.30. The smallest absolute Gasteiger partial charge is 0.273 e. The Hall–Kier alpha value is -1.54. The number of fused-ring (bicyclic) bond motifs is 1. The SMILES string of the molecule is CNCC1CCN(C(=O)c2csc(-c3ccc4c(c3)OCO4)n2)C1.Cl.Cl. The molecule has 2 aromatic rings. The Morgan fingerprint density at radius 1 is 1.35 bits per heavy atom. The summed E-state index contributed by atoms with van der Waals surface area (Å²) >= 11 is 1.48. The molecular formula is C17H21Cl2N3O3S. The van der Waals surface area contributed by atoms with Gasteiger partial charge in [0.1, 0.15) is 10.7 Å². The molecule has 1 fully saturated rings. The molecule has 1 aromatic heterocycles. The van der Waals surface area contributed by atoms with Crippen molar-refractivity contribution in [3.8, 4) is 22.1 Å². The summed E-state index contributed by atoms with van der Waals surface area (Å²) < 4.78 is 10.7. The maximum atomic E-state index is 12.6. The van der Waals surface area contributed by atoms with Gasteiger partial charge in [0.05, 0.1) is 0 Å². The van der Waals surface area contributed by atoms with E-state index in [0.717, 1.165) is 48.1 Å². The van der Waals surface area contributed by atoms with Crippen molar-refractivity contribution >= 4 is 42.1 Å². The molecule has 0 saturated carbocycles. The molecule has 26 heavy (non-hydrogen) atoms. The van der Waals surface area contributed by atoms with E-state index in [2.05, 4.69) is 10.3 Å². The minimum Gasteiger partial charge on any atom is -0.454 e. The van der Waals surface area contributed by atoms with Gasteiger partial charge in [0.15, 0.2) is 11.5 Å². The Kier molecular flexibility index (Phi) is 7.11. The first-order valence-corrected chi connectivity index (χ1v) is 8.92. The van der Waals surface area contributed by atoms with Crippen LogP contribution in [0.2, 0.25) is 0 Å². The Bertz CT molecular complexity index is 771. The number of carbonyl (C=O) groups is 1. The zero-order valence-electron chi connectivity index (χ0n) is 14.3. The van der Waals surface area contributed by atoms with Gasteiger partial charge in [-0.1, -0.05) is 0 Å². The summed E-state index contributed by atoms with van der Waals surface area (Å²) in [7, 11) is 1.95. The Morgan fingerprint density at radius 3 is 2.96 bits per heavy atom. The van der Waals surface area contributed by atoms with Crippen molar-refractivity contribution in [3.05, 3.63) is 29.3 Å². The second-order valence-corrected chi connectivity index (χ2v) is 6.93. The number of carbonyl (C=O) groups excluding carboxylic acids is 1. The van der Waals surface area contributed by atoms with Crippen LogP contribution in [-0.2, 0) is 0 Å². The Labute approximate surface area is 168 Å². The predicted molar refractivity (Wildman–Crippen MR) is 106 cm³/mol. The van der Waals surface area contributed by atoms with Gasteiger partial charge in [0, 0.05) is 24.0 Å². The van der Waals surface area contributed by atoms with Crippen molar-refractivity contribution < 1.29 is 14.3 Å². The number of ether oxygens (including phenoxy) is 2. The van der Waals surface area contributed by atoms with Crippen LogP contribution in [0.15, 0.2) is 23.6 Å². The van der Waals surface area contributed by atoms with Crippen molar-refractivity contribution in [2.45, 2.75) is 6.42 Å². The molecule has 1 N–H and O–H groups in total. The van der Waals surface area contributed by atoms with Crippen LogP contribution in [0, 0.1) is 5.92 Å². The minimum atomic E-state index is 0. The van der Waals surface area contributed by atoms with Gasteiger partial charge < -0.3 is 19.7 Å². The summed E-state index contributed by atoms with van der Waals surface area (Å²) in [5.74, 6) is 2.03. The molecule has 0 spiro atoms. The topological polar surface area (TPSA) is 63.7 Å². The van der Waals surface area contributed by atoms with Crippen LogP contribution in [0.4, 0.5) is 0 Å². The lowest BCUT2D eigenvalue weighted by Gasteiger charge is -2.15. The van der Waals surface area contributed by atoms with E-state index in [1.807, 2.05) is 35.5 Å². The molecule has 0 radical (unpaired) electrons. The third kappa shape index (κ3) is 4.06. The summed E-state index contributed by atoms with van der Waals surface area (Å²) in [6.07, 6.45) is 1.05. The van der Waals surface area contributed by atoms with E-state index >= 15 is 0 Å². The van der Waals surface area contributed by atoms with E-state index in [1.165, 1.54) is 11.3 Å². The summed E-state index contributed by atoms with van der Waals surface area (Å²) in [5.41, 5.74) is 1.47. The molecule has 0 aliphatic carbocycles. The minimum absolute atomic E-state index is 0. The molecule has 4 rings (SSSR count). The summed E-state index contributed by atoms with van der Waals surface area (Å²) in [6.45, 7) is 2.81. The molecule has 2 aliphatic heterocycles. The molecule has 3 heterocycles. The quantitative estimate of drug-likeness (QED) is 0.827. The van der Waals surface area contributed by atoms with Crippen molar-refractivity contribution in [1.82, 2.24) is 15.2 Å². The lowest BCUT2D eigenvalue weighted by atomic mass is 10.1. The predicted octanol–water partition coefficient (Wildman–Crippen LogP) is 3.06. The van der Waals surface area contributed by atoms with Gasteiger partial charge in [-0.25, -0.2) is 4.98 Å². The van der Waals surface area contributed by atoms with Crippen LogP contribution in [-0.4, -0.2) is 49.3 Å². The molecule has 0 bridgehead atoms. The van der Waals surface area contributed by atoms with E-state index in [4.69, 9.17) is 9.47 Å².